The van der Waals surface area contributed by atoms with Crippen molar-refractivity contribution in [2.24, 2.45) is 0 Å². The third-order valence-electron chi connectivity index (χ3n) is 7.01. The van der Waals surface area contributed by atoms with E-state index in [1.807, 2.05) is 6.07 Å². The van der Waals surface area contributed by atoms with Crippen molar-refractivity contribution in [3.63, 3.8) is 0 Å². The van der Waals surface area contributed by atoms with Crippen LogP contribution in [0.5, 0.6) is 0 Å². The van der Waals surface area contributed by atoms with Crippen molar-refractivity contribution in [2.45, 2.75) is 45.7 Å². The molecule has 3 heterocycles. The number of esters is 1. The Bertz CT molecular complexity index is 1020. The molecule has 1 aromatic heterocycles. The van der Waals surface area contributed by atoms with Gasteiger partial charge in [0, 0.05) is 69.1 Å². The van der Waals surface area contributed by atoms with E-state index >= 15 is 0 Å². The zero-order valence-electron chi connectivity index (χ0n) is 20.3. The van der Waals surface area contributed by atoms with Gasteiger partial charge in [-0.05, 0) is 37.8 Å². The van der Waals surface area contributed by atoms with Gasteiger partial charge in [0.05, 0.1) is 19.2 Å². The predicted octanol–water partition coefficient (Wildman–Crippen LogP) is 3.58. The van der Waals surface area contributed by atoms with E-state index in [0.717, 1.165) is 55.0 Å². The first kappa shape index (κ1) is 24.3. The largest absolute Gasteiger partial charge is 0.465 e. The number of furan rings is 1. The molecule has 0 spiro atoms. The second-order valence-electron chi connectivity index (χ2n) is 8.89. The van der Waals surface area contributed by atoms with Gasteiger partial charge in [-0.2, -0.15) is 0 Å². The van der Waals surface area contributed by atoms with Crippen molar-refractivity contribution in [3.05, 3.63) is 29.0 Å². The number of methoxy groups -OCH3 is 1. The summed E-state index contributed by atoms with van der Waals surface area (Å²) in [5.74, 6) is 0.409. The van der Waals surface area contributed by atoms with Gasteiger partial charge < -0.3 is 28.8 Å². The van der Waals surface area contributed by atoms with Crippen LogP contribution >= 0.6 is 0 Å². The minimum Gasteiger partial charge on any atom is -0.465 e. The van der Waals surface area contributed by atoms with Crippen molar-refractivity contribution in [2.75, 3.05) is 57.9 Å². The van der Waals surface area contributed by atoms with E-state index in [4.69, 9.17) is 13.9 Å². The molecule has 34 heavy (non-hydrogen) atoms. The molecule has 9 nitrogen and oxygen atoms in total. The lowest BCUT2D eigenvalue weighted by molar-refractivity contribution is 0.0601. The van der Waals surface area contributed by atoms with Gasteiger partial charge in [-0.3, -0.25) is 4.90 Å². The summed E-state index contributed by atoms with van der Waals surface area (Å²) in [5, 5.41) is 9.96. The number of amides is 1. The number of nitrogens with zero attached hydrogens (tertiary/aromatic N) is 3. The molecule has 0 atom stereocenters. The number of benzene rings is 1. The molecular formula is C25H35N3O6. The highest BCUT2D eigenvalue weighted by Gasteiger charge is 2.28. The molecule has 1 aromatic carbocycles. The maximum absolute atomic E-state index is 13.0. The van der Waals surface area contributed by atoms with Crippen molar-refractivity contribution in [3.8, 4) is 0 Å². The van der Waals surface area contributed by atoms with Crippen LogP contribution in [-0.4, -0.2) is 86.1 Å². The van der Waals surface area contributed by atoms with E-state index in [1.165, 1.54) is 12.0 Å². The number of fused-ring (bicyclic) bond motifs is 1. The molecular weight excluding hydrogens is 438 g/mol. The maximum Gasteiger partial charge on any atom is 0.407 e. The molecule has 0 radical (unpaired) electrons. The molecule has 1 N–H and O–H groups in total. The summed E-state index contributed by atoms with van der Waals surface area (Å²) in [7, 11) is 1.42. The number of hydrogen-bond donors (Lipinski definition) is 1. The highest BCUT2D eigenvalue weighted by atomic mass is 16.5. The van der Waals surface area contributed by atoms with E-state index in [9.17, 15) is 14.7 Å². The first-order valence-corrected chi connectivity index (χ1v) is 12.2. The Morgan fingerprint density at radius 3 is 2.44 bits per heavy atom. The Morgan fingerprint density at radius 1 is 1.15 bits per heavy atom. The topological polar surface area (TPSA) is 95.7 Å². The Hall–Kier alpha value is -2.78. The predicted molar refractivity (Wildman–Crippen MR) is 129 cm³/mol. The third kappa shape index (κ3) is 4.86. The van der Waals surface area contributed by atoms with Crippen LogP contribution in [0.4, 0.5) is 10.5 Å². The molecule has 2 aliphatic heterocycles. The lowest BCUT2D eigenvalue weighted by atomic mass is 9.96. The monoisotopic (exact) mass is 473 g/mol. The lowest BCUT2D eigenvalue weighted by Gasteiger charge is -2.36. The molecule has 2 saturated heterocycles. The highest BCUT2D eigenvalue weighted by Crippen LogP contribution is 2.37. The van der Waals surface area contributed by atoms with Crippen molar-refractivity contribution in [1.29, 1.82) is 0 Å². The van der Waals surface area contributed by atoms with E-state index in [0.29, 0.717) is 56.3 Å². The van der Waals surface area contributed by atoms with Gasteiger partial charge in [-0.25, -0.2) is 9.59 Å². The summed E-state index contributed by atoms with van der Waals surface area (Å²) in [4.78, 5) is 30.1. The fourth-order valence-corrected chi connectivity index (χ4v) is 5.23. The van der Waals surface area contributed by atoms with Crippen LogP contribution in [0.3, 0.4) is 0 Å². The fraction of sp³-hybridized carbons (Fsp3) is 0.600. The summed E-state index contributed by atoms with van der Waals surface area (Å²) >= 11 is 0. The standard InChI is InChI=1S/C25H35N3O6/c1-4-19-21(28(5-2)17-6-12-33-13-7-17)15-22-20(23(19)24(29)32-3)14-18(34-22)16-26-8-10-27(11-9-26)25(30)31/h14-15,17H,4-13,16H2,1-3H3,(H,30,31). The fourth-order valence-electron chi connectivity index (χ4n) is 5.23. The Labute approximate surface area is 200 Å². The maximum atomic E-state index is 13.0. The minimum atomic E-state index is -0.879. The number of carbonyl (C=O) groups is 2. The lowest BCUT2D eigenvalue weighted by Crippen LogP contribution is -2.47. The Kier molecular flexibility index (Phi) is 7.63. The van der Waals surface area contributed by atoms with Crippen molar-refractivity contribution >= 4 is 28.7 Å². The Balaban J connectivity index is 1.70. The molecule has 2 fully saturated rings. The number of carbonyl (C=O) groups excluding carboxylic acids is 1. The van der Waals surface area contributed by atoms with Gasteiger partial charge in [0.2, 0.25) is 0 Å². The summed E-state index contributed by atoms with van der Waals surface area (Å²) in [6.07, 6.45) is 1.73. The zero-order valence-corrected chi connectivity index (χ0v) is 20.3. The summed E-state index contributed by atoms with van der Waals surface area (Å²) in [5.41, 5.74) is 3.27. The smallest absolute Gasteiger partial charge is 0.407 e. The molecule has 0 bridgehead atoms. The normalized spacial score (nSPS) is 17.8. The molecule has 2 aliphatic rings. The SMILES string of the molecule is CCc1c(N(CC)C2CCOCC2)cc2oc(CN3CCN(C(=O)O)CC3)cc2c1C(=O)OC. The molecule has 0 unspecified atom stereocenters. The van der Waals surface area contributed by atoms with E-state index in [-0.39, 0.29) is 5.97 Å². The molecule has 2 aromatic rings. The molecule has 1 amide bonds. The van der Waals surface area contributed by atoms with Crippen molar-refractivity contribution < 1.29 is 28.6 Å². The third-order valence-corrected chi connectivity index (χ3v) is 7.01. The van der Waals surface area contributed by atoms with Crippen LogP contribution in [0.25, 0.3) is 11.0 Å². The first-order chi connectivity index (χ1) is 16.5. The number of ether oxygens (including phenoxy) is 2. The average molecular weight is 474 g/mol. The zero-order chi connectivity index (χ0) is 24.2. The highest BCUT2D eigenvalue weighted by molar-refractivity contribution is 6.07. The van der Waals surface area contributed by atoms with Crippen LogP contribution in [0, 0.1) is 0 Å². The van der Waals surface area contributed by atoms with Gasteiger partial charge in [0.25, 0.3) is 0 Å². The van der Waals surface area contributed by atoms with Crippen LogP contribution in [0.15, 0.2) is 16.5 Å². The molecule has 0 aliphatic carbocycles. The van der Waals surface area contributed by atoms with E-state index < -0.39 is 6.09 Å². The van der Waals surface area contributed by atoms with Gasteiger partial charge in [-0.15, -0.1) is 0 Å². The number of carboxylic acid groups (broad SMARTS) is 1. The number of anilines is 1. The van der Waals surface area contributed by atoms with Crippen LogP contribution in [0.2, 0.25) is 0 Å². The van der Waals surface area contributed by atoms with Crippen molar-refractivity contribution in [1.82, 2.24) is 9.80 Å². The second kappa shape index (κ2) is 10.7. The quantitative estimate of drug-likeness (QED) is 0.610. The average Bonchev–Trinajstić information content (AvgIpc) is 3.26. The molecule has 9 heteroatoms. The van der Waals surface area contributed by atoms with Gasteiger partial charge >= 0.3 is 12.1 Å². The van der Waals surface area contributed by atoms with Gasteiger partial charge in [0.1, 0.15) is 11.3 Å². The summed E-state index contributed by atoms with van der Waals surface area (Å²) in [6.45, 7) is 9.33. The van der Waals surface area contributed by atoms with Gasteiger partial charge in [-0.1, -0.05) is 6.92 Å². The van der Waals surface area contributed by atoms with Crippen LogP contribution in [-0.2, 0) is 22.4 Å². The molecule has 0 saturated carbocycles. The van der Waals surface area contributed by atoms with Crippen LogP contribution < -0.4 is 4.90 Å². The molecule has 4 rings (SSSR count). The number of hydrogen-bond acceptors (Lipinski definition) is 7. The Morgan fingerprint density at radius 2 is 1.85 bits per heavy atom. The minimum absolute atomic E-state index is 0.353. The van der Waals surface area contributed by atoms with E-state index in [1.54, 1.807) is 0 Å². The second-order valence-corrected chi connectivity index (χ2v) is 8.89. The first-order valence-electron chi connectivity index (χ1n) is 12.2. The molecule has 186 valence electrons. The number of rotatable bonds is 7. The number of piperazine rings is 1. The van der Waals surface area contributed by atoms with Gasteiger partial charge in [0.15, 0.2) is 0 Å². The van der Waals surface area contributed by atoms with Crippen LogP contribution in [0.1, 0.15) is 48.4 Å². The van der Waals surface area contributed by atoms with E-state index in [2.05, 4.69) is 29.7 Å². The summed E-state index contributed by atoms with van der Waals surface area (Å²) in [6, 6.07) is 4.37. The summed E-state index contributed by atoms with van der Waals surface area (Å²) < 4.78 is 17.0.